The lowest BCUT2D eigenvalue weighted by molar-refractivity contribution is -0.116. The molecule has 0 saturated carbocycles. The van der Waals surface area contributed by atoms with Gasteiger partial charge >= 0.3 is 0 Å². The molecule has 9 heteroatoms. The minimum atomic E-state index is -0.498. The zero-order valence-corrected chi connectivity index (χ0v) is 19.9. The van der Waals surface area contributed by atoms with Crippen molar-refractivity contribution in [3.05, 3.63) is 74.5 Å². The second-order valence-electron chi connectivity index (χ2n) is 7.58. The molecule has 4 rings (SSSR count). The number of benzene rings is 2. The molecule has 2 N–H and O–H groups in total. The molecule has 1 unspecified atom stereocenters. The third-order valence-electron chi connectivity index (χ3n) is 5.27. The lowest BCUT2D eigenvalue weighted by Gasteiger charge is -2.26. The van der Waals surface area contributed by atoms with Crippen LogP contribution in [0.15, 0.2) is 52.4 Å². The number of hydrogen-bond acceptors (Lipinski definition) is 6. The van der Waals surface area contributed by atoms with E-state index < -0.39 is 5.92 Å². The lowest BCUT2D eigenvalue weighted by atomic mass is 9.86. The summed E-state index contributed by atoms with van der Waals surface area (Å²) in [5, 5.41) is 3.86. The van der Waals surface area contributed by atoms with Gasteiger partial charge in [-0.3, -0.25) is 9.59 Å². The average Bonchev–Trinajstić information content (AvgIpc) is 2.81. The molecule has 1 aliphatic rings. The number of anilines is 1. The second-order valence-corrected chi connectivity index (χ2v) is 8.98. The number of rotatable bonds is 8. The van der Waals surface area contributed by atoms with Gasteiger partial charge in [-0.2, -0.15) is 0 Å². The quantitative estimate of drug-likeness (QED) is 0.345. The van der Waals surface area contributed by atoms with Crippen molar-refractivity contribution in [1.82, 2.24) is 9.97 Å². The number of nitrogens with one attached hydrogen (secondary N) is 2. The van der Waals surface area contributed by atoms with E-state index >= 15 is 0 Å². The van der Waals surface area contributed by atoms with Crippen molar-refractivity contribution >= 4 is 35.1 Å². The predicted molar refractivity (Wildman–Crippen MR) is 130 cm³/mol. The summed E-state index contributed by atoms with van der Waals surface area (Å²) in [6, 6.07) is 13.0. The molecule has 0 fully saturated rings. The first-order valence-corrected chi connectivity index (χ1v) is 12.0. The first kappa shape index (κ1) is 23.2. The summed E-state index contributed by atoms with van der Waals surface area (Å²) >= 11 is 7.32. The summed E-state index contributed by atoms with van der Waals surface area (Å²) in [6.45, 7) is 2.50. The summed E-state index contributed by atoms with van der Waals surface area (Å²) in [7, 11) is 1.57. The third kappa shape index (κ3) is 5.17. The lowest BCUT2D eigenvalue weighted by Crippen LogP contribution is -2.31. The van der Waals surface area contributed by atoms with Crippen molar-refractivity contribution in [3.8, 4) is 11.5 Å². The number of aromatic nitrogens is 2. The molecule has 1 atom stereocenters. The molecule has 0 aliphatic carbocycles. The Labute approximate surface area is 200 Å². The molecule has 0 radical (unpaired) electrons. The van der Waals surface area contributed by atoms with Gasteiger partial charge in [0.05, 0.1) is 19.3 Å². The van der Waals surface area contributed by atoms with Crippen molar-refractivity contribution in [2.45, 2.75) is 36.6 Å². The number of nitrogens with zero attached hydrogens (tertiary/aromatic N) is 1. The first-order chi connectivity index (χ1) is 16.0. The van der Waals surface area contributed by atoms with Gasteiger partial charge in [0, 0.05) is 28.7 Å². The molecular formula is C24H24ClN3O4S. The minimum Gasteiger partial charge on any atom is -0.493 e. The second kappa shape index (κ2) is 10.3. The average molecular weight is 486 g/mol. The number of amides is 1. The highest BCUT2D eigenvalue weighted by Gasteiger charge is 2.33. The summed E-state index contributed by atoms with van der Waals surface area (Å²) in [5.41, 5.74) is 1.90. The van der Waals surface area contributed by atoms with Crippen LogP contribution < -0.4 is 20.3 Å². The highest BCUT2D eigenvalue weighted by Crippen LogP contribution is 2.42. The van der Waals surface area contributed by atoms with E-state index in [-0.39, 0.29) is 23.7 Å². The van der Waals surface area contributed by atoms with Crippen LogP contribution in [0, 0.1) is 0 Å². The van der Waals surface area contributed by atoms with Crippen molar-refractivity contribution in [2.75, 3.05) is 19.0 Å². The highest BCUT2D eigenvalue weighted by atomic mass is 35.5. The molecule has 2 heterocycles. The topological polar surface area (TPSA) is 93.3 Å². The van der Waals surface area contributed by atoms with E-state index in [1.807, 2.05) is 43.3 Å². The molecule has 7 nitrogen and oxygen atoms in total. The zero-order valence-electron chi connectivity index (χ0n) is 18.3. The number of ether oxygens (including phenoxy) is 2. The van der Waals surface area contributed by atoms with Crippen LogP contribution in [0.2, 0.25) is 5.02 Å². The summed E-state index contributed by atoms with van der Waals surface area (Å²) in [5.74, 6) is 1.29. The Kier molecular flexibility index (Phi) is 7.25. The number of para-hydroxylation sites is 1. The minimum absolute atomic E-state index is 0.116. The standard InChI is InChI=1S/C24H24ClN3O4S/c1-3-11-32-21-16(5-4-6-18(21)31-2)17-12-19(29)26-22-20(17)23(30)28-24(27-22)33-13-14-7-9-15(25)10-8-14/h4-10,17H,3,11-13H2,1-2H3,(H2,26,27,28,29,30). The van der Waals surface area contributed by atoms with E-state index in [4.69, 9.17) is 21.1 Å². The number of thioether (sulfide) groups is 1. The molecule has 1 aromatic heterocycles. The fourth-order valence-corrected chi connectivity index (χ4v) is 4.69. The number of fused-ring (bicyclic) bond motifs is 1. The molecule has 33 heavy (non-hydrogen) atoms. The smallest absolute Gasteiger partial charge is 0.257 e. The van der Waals surface area contributed by atoms with Crippen LogP contribution in [0.5, 0.6) is 11.5 Å². The molecule has 172 valence electrons. The number of carbonyl (C=O) groups is 1. The Morgan fingerprint density at radius 2 is 1.97 bits per heavy atom. The van der Waals surface area contributed by atoms with Crippen molar-refractivity contribution in [3.63, 3.8) is 0 Å². The van der Waals surface area contributed by atoms with Gasteiger partial charge in [0.1, 0.15) is 5.82 Å². The van der Waals surface area contributed by atoms with Gasteiger partial charge in [0.2, 0.25) is 5.91 Å². The van der Waals surface area contributed by atoms with Gasteiger partial charge < -0.3 is 19.8 Å². The van der Waals surface area contributed by atoms with Crippen molar-refractivity contribution in [2.24, 2.45) is 0 Å². The first-order valence-electron chi connectivity index (χ1n) is 10.6. The van der Waals surface area contributed by atoms with Crippen LogP contribution in [0.4, 0.5) is 5.82 Å². The zero-order chi connectivity index (χ0) is 23.4. The summed E-state index contributed by atoms with van der Waals surface area (Å²) < 4.78 is 11.4. The molecule has 0 saturated heterocycles. The molecule has 1 aliphatic heterocycles. The number of hydrogen-bond donors (Lipinski definition) is 2. The number of aromatic amines is 1. The van der Waals surface area contributed by atoms with E-state index in [0.29, 0.717) is 39.6 Å². The monoisotopic (exact) mass is 485 g/mol. The SMILES string of the molecule is CCCOc1c(OC)cccc1C1CC(=O)Nc2nc(SCc3ccc(Cl)cc3)[nH]c(=O)c21. The van der Waals surface area contributed by atoms with Gasteiger partial charge in [-0.15, -0.1) is 0 Å². The van der Waals surface area contributed by atoms with E-state index in [1.54, 1.807) is 13.2 Å². The van der Waals surface area contributed by atoms with Gasteiger partial charge in [-0.05, 0) is 30.2 Å². The van der Waals surface area contributed by atoms with E-state index in [2.05, 4.69) is 15.3 Å². The van der Waals surface area contributed by atoms with E-state index in [1.165, 1.54) is 11.8 Å². The fourth-order valence-electron chi connectivity index (χ4n) is 3.74. The number of halogens is 1. The van der Waals surface area contributed by atoms with Gasteiger partial charge in [0.15, 0.2) is 16.7 Å². The van der Waals surface area contributed by atoms with E-state index in [0.717, 1.165) is 17.5 Å². The Hall–Kier alpha value is -2.97. The summed E-state index contributed by atoms with van der Waals surface area (Å²) in [4.78, 5) is 33.1. The van der Waals surface area contributed by atoms with Crippen LogP contribution in [-0.2, 0) is 10.5 Å². The van der Waals surface area contributed by atoms with Crippen LogP contribution >= 0.6 is 23.4 Å². The van der Waals surface area contributed by atoms with Crippen LogP contribution in [0.3, 0.4) is 0 Å². The maximum atomic E-state index is 13.2. The Morgan fingerprint density at radius 3 is 2.70 bits per heavy atom. The number of carbonyl (C=O) groups excluding carboxylic acids is 1. The van der Waals surface area contributed by atoms with Crippen molar-refractivity contribution < 1.29 is 14.3 Å². The van der Waals surface area contributed by atoms with Gasteiger partial charge in [0.25, 0.3) is 5.56 Å². The predicted octanol–water partition coefficient (Wildman–Crippen LogP) is 4.99. The van der Waals surface area contributed by atoms with Crippen LogP contribution in [0.25, 0.3) is 0 Å². The Morgan fingerprint density at radius 1 is 1.18 bits per heavy atom. The number of H-pyrrole nitrogens is 1. The molecule has 3 aromatic rings. The maximum absolute atomic E-state index is 13.2. The Bertz CT molecular complexity index is 1210. The largest absolute Gasteiger partial charge is 0.493 e. The van der Waals surface area contributed by atoms with Crippen LogP contribution in [0.1, 0.15) is 42.4 Å². The maximum Gasteiger partial charge on any atom is 0.257 e. The third-order valence-corrected chi connectivity index (χ3v) is 6.47. The molecule has 2 aromatic carbocycles. The Balaban J connectivity index is 1.69. The molecule has 0 bridgehead atoms. The van der Waals surface area contributed by atoms with Crippen LogP contribution in [-0.4, -0.2) is 29.6 Å². The number of methoxy groups -OCH3 is 1. The van der Waals surface area contributed by atoms with Gasteiger partial charge in [-0.25, -0.2) is 4.98 Å². The molecule has 0 spiro atoms. The summed E-state index contributed by atoms with van der Waals surface area (Å²) in [6.07, 6.45) is 0.931. The fraction of sp³-hybridized carbons (Fsp3) is 0.292. The van der Waals surface area contributed by atoms with E-state index in [9.17, 15) is 9.59 Å². The molecular weight excluding hydrogens is 462 g/mol. The van der Waals surface area contributed by atoms with Crippen molar-refractivity contribution in [1.29, 1.82) is 0 Å². The van der Waals surface area contributed by atoms with Gasteiger partial charge in [-0.1, -0.05) is 54.6 Å². The highest BCUT2D eigenvalue weighted by molar-refractivity contribution is 7.98. The molecule has 1 amide bonds. The normalized spacial score (nSPS) is 15.0.